The van der Waals surface area contributed by atoms with Crippen LogP contribution in [-0.2, 0) is 4.79 Å². The van der Waals surface area contributed by atoms with Crippen LogP contribution in [0.2, 0.25) is 0 Å². The first kappa shape index (κ1) is 20.3. The molecule has 0 aliphatic rings. The van der Waals surface area contributed by atoms with Crippen LogP contribution in [0.15, 0.2) is 32.2 Å². The number of ether oxygens (including phenoxy) is 1. The SMILES string of the molecule is Cc1ccc(C)c(OCC(=O)N/N=C/c2cc(Br)c(O)c(Br)c2O)c1C. The molecular formula is C18H18Br2N2O4. The summed E-state index contributed by atoms with van der Waals surface area (Å²) >= 11 is 6.23. The summed E-state index contributed by atoms with van der Waals surface area (Å²) in [6.07, 6.45) is 1.27. The number of phenolic OH excluding ortho intramolecular Hbond substituents is 2. The minimum atomic E-state index is -0.432. The third kappa shape index (κ3) is 4.56. The highest BCUT2D eigenvalue weighted by Gasteiger charge is 2.13. The van der Waals surface area contributed by atoms with Crippen LogP contribution in [0.5, 0.6) is 17.2 Å². The molecule has 1 amide bonds. The summed E-state index contributed by atoms with van der Waals surface area (Å²) in [5.74, 6) is -0.0573. The van der Waals surface area contributed by atoms with E-state index in [1.807, 2.05) is 32.9 Å². The molecule has 0 aliphatic carbocycles. The molecule has 0 saturated carbocycles. The largest absolute Gasteiger partial charge is 0.506 e. The van der Waals surface area contributed by atoms with Gasteiger partial charge in [0.2, 0.25) is 0 Å². The van der Waals surface area contributed by atoms with Crippen LogP contribution in [0.25, 0.3) is 0 Å². The topological polar surface area (TPSA) is 91.2 Å². The van der Waals surface area contributed by atoms with Crippen LogP contribution in [0.1, 0.15) is 22.3 Å². The maximum absolute atomic E-state index is 11.9. The van der Waals surface area contributed by atoms with Gasteiger partial charge in [0.1, 0.15) is 21.7 Å². The van der Waals surface area contributed by atoms with E-state index in [1.54, 1.807) is 0 Å². The number of carbonyl (C=O) groups is 1. The summed E-state index contributed by atoms with van der Waals surface area (Å²) in [6.45, 7) is 5.65. The number of halogens is 2. The van der Waals surface area contributed by atoms with Gasteiger partial charge in [0.25, 0.3) is 5.91 Å². The van der Waals surface area contributed by atoms with Gasteiger partial charge in [0.15, 0.2) is 6.61 Å². The zero-order valence-electron chi connectivity index (χ0n) is 14.4. The molecule has 0 unspecified atom stereocenters. The average molecular weight is 486 g/mol. The molecule has 0 radical (unpaired) electrons. The number of aryl methyl sites for hydroxylation is 2. The van der Waals surface area contributed by atoms with Gasteiger partial charge in [-0.2, -0.15) is 5.10 Å². The van der Waals surface area contributed by atoms with E-state index in [0.717, 1.165) is 16.7 Å². The summed E-state index contributed by atoms with van der Waals surface area (Å²) in [6, 6.07) is 5.42. The van der Waals surface area contributed by atoms with Crippen molar-refractivity contribution in [1.29, 1.82) is 0 Å². The molecular weight excluding hydrogens is 468 g/mol. The molecule has 0 bridgehead atoms. The molecule has 0 spiro atoms. The highest BCUT2D eigenvalue weighted by atomic mass is 79.9. The van der Waals surface area contributed by atoms with Crippen molar-refractivity contribution < 1.29 is 19.7 Å². The molecule has 0 aromatic heterocycles. The second-order valence-electron chi connectivity index (χ2n) is 5.69. The smallest absolute Gasteiger partial charge is 0.277 e. The van der Waals surface area contributed by atoms with Gasteiger partial charge in [0, 0.05) is 5.56 Å². The van der Waals surface area contributed by atoms with E-state index in [0.29, 0.717) is 15.8 Å². The molecule has 0 fully saturated rings. The zero-order chi connectivity index (χ0) is 19.4. The van der Waals surface area contributed by atoms with Crippen LogP contribution < -0.4 is 10.2 Å². The lowest BCUT2D eigenvalue weighted by atomic mass is 10.1. The predicted octanol–water partition coefficient (Wildman–Crippen LogP) is 4.08. The minimum absolute atomic E-state index is 0.124. The number of aromatic hydroxyl groups is 2. The highest BCUT2D eigenvalue weighted by Crippen LogP contribution is 2.40. The van der Waals surface area contributed by atoms with Crippen molar-refractivity contribution in [1.82, 2.24) is 5.43 Å². The lowest BCUT2D eigenvalue weighted by Crippen LogP contribution is -2.25. The van der Waals surface area contributed by atoms with Crippen molar-refractivity contribution in [3.05, 3.63) is 49.4 Å². The lowest BCUT2D eigenvalue weighted by molar-refractivity contribution is -0.123. The van der Waals surface area contributed by atoms with E-state index < -0.39 is 5.91 Å². The maximum atomic E-state index is 11.9. The van der Waals surface area contributed by atoms with Crippen molar-refractivity contribution in [3.63, 3.8) is 0 Å². The Hall–Kier alpha value is -2.06. The summed E-state index contributed by atoms with van der Waals surface area (Å²) < 4.78 is 6.12. The Kier molecular flexibility index (Phi) is 6.66. The highest BCUT2D eigenvalue weighted by molar-refractivity contribution is 9.11. The Morgan fingerprint density at radius 3 is 2.54 bits per heavy atom. The Morgan fingerprint density at radius 2 is 1.85 bits per heavy atom. The summed E-state index contributed by atoms with van der Waals surface area (Å²) in [5.41, 5.74) is 5.68. The van der Waals surface area contributed by atoms with Gasteiger partial charge in [-0.3, -0.25) is 4.79 Å². The Labute approximate surface area is 168 Å². The molecule has 6 nitrogen and oxygen atoms in total. The van der Waals surface area contributed by atoms with Crippen LogP contribution in [0.3, 0.4) is 0 Å². The molecule has 0 saturated heterocycles. The zero-order valence-corrected chi connectivity index (χ0v) is 17.6. The third-order valence-corrected chi connectivity index (χ3v) is 5.17. The number of hydrogen-bond donors (Lipinski definition) is 3. The Balaban J connectivity index is 2.00. The Morgan fingerprint density at radius 1 is 1.19 bits per heavy atom. The van der Waals surface area contributed by atoms with E-state index in [-0.39, 0.29) is 22.6 Å². The summed E-state index contributed by atoms with van der Waals surface area (Å²) in [4.78, 5) is 11.9. The second kappa shape index (κ2) is 8.55. The average Bonchev–Trinajstić information content (AvgIpc) is 2.60. The third-order valence-electron chi connectivity index (χ3n) is 3.81. The number of hydrazone groups is 1. The van der Waals surface area contributed by atoms with E-state index in [1.165, 1.54) is 12.3 Å². The molecule has 3 N–H and O–H groups in total. The van der Waals surface area contributed by atoms with E-state index in [4.69, 9.17) is 4.74 Å². The number of amides is 1. The van der Waals surface area contributed by atoms with Gasteiger partial charge in [0.05, 0.1) is 10.7 Å². The van der Waals surface area contributed by atoms with Crippen molar-refractivity contribution in [2.45, 2.75) is 20.8 Å². The van der Waals surface area contributed by atoms with Gasteiger partial charge in [-0.25, -0.2) is 5.43 Å². The minimum Gasteiger partial charge on any atom is -0.506 e. The molecule has 2 aromatic carbocycles. The molecule has 8 heteroatoms. The van der Waals surface area contributed by atoms with Crippen LogP contribution >= 0.6 is 31.9 Å². The summed E-state index contributed by atoms with van der Waals surface area (Å²) in [5, 5.41) is 23.4. The number of hydrogen-bond acceptors (Lipinski definition) is 5. The predicted molar refractivity (Wildman–Crippen MR) is 107 cm³/mol. The van der Waals surface area contributed by atoms with Crippen LogP contribution in [0.4, 0.5) is 0 Å². The second-order valence-corrected chi connectivity index (χ2v) is 7.34. The van der Waals surface area contributed by atoms with Gasteiger partial charge in [-0.15, -0.1) is 0 Å². The number of carbonyl (C=O) groups excluding carboxylic acids is 1. The quantitative estimate of drug-likeness (QED) is 0.439. The van der Waals surface area contributed by atoms with E-state index >= 15 is 0 Å². The van der Waals surface area contributed by atoms with Crippen LogP contribution in [0, 0.1) is 20.8 Å². The van der Waals surface area contributed by atoms with Gasteiger partial charge >= 0.3 is 0 Å². The number of benzene rings is 2. The molecule has 0 atom stereocenters. The number of nitrogens with zero attached hydrogens (tertiary/aromatic N) is 1. The normalized spacial score (nSPS) is 11.0. The molecule has 2 aromatic rings. The number of rotatable bonds is 5. The lowest BCUT2D eigenvalue weighted by Gasteiger charge is -2.13. The molecule has 26 heavy (non-hydrogen) atoms. The first-order valence-corrected chi connectivity index (χ1v) is 9.22. The van der Waals surface area contributed by atoms with Gasteiger partial charge < -0.3 is 14.9 Å². The van der Waals surface area contributed by atoms with Crippen molar-refractivity contribution in [3.8, 4) is 17.2 Å². The van der Waals surface area contributed by atoms with E-state index in [9.17, 15) is 15.0 Å². The van der Waals surface area contributed by atoms with Gasteiger partial charge in [-0.1, -0.05) is 12.1 Å². The van der Waals surface area contributed by atoms with Gasteiger partial charge in [-0.05, 0) is 75.4 Å². The summed E-state index contributed by atoms with van der Waals surface area (Å²) in [7, 11) is 0. The fourth-order valence-corrected chi connectivity index (χ4v) is 3.36. The van der Waals surface area contributed by atoms with E-state index in [2.05, 4.69) is 42.4 Å². The molecule has 0 aliphatic heterocycles. The van der Waals surface area contributed by atoms with Crippen molar-refractivity contribution >= 4 is 44.0 Å². The Bertz CT molecular complexity index is 882. The number of phenols is 2. The molecule has 138 valence electrons. The molecule has 2 rings (SSSR count). The van der Waals surface area contributed by atoms with Crippen molar-refractivity contribution in [2.24, 2.45) is 5.10 Å². The fourth-order valence-electron chi connectivity index (χ4n) is 2.21. The fraction of sp³-hybridized carbons (Fsp3) is 0.222. The monoisotopic (exact) mass is 484 g/mol. The first-order chi connectivity index (χ1) is 12.2. The maximum Gasteiger partial charge on any atom is 0.277 e. The molecule has 0 heterocycles. The van der Waals surface area contributed by atoms with Crippen LogP contribution in [-0.4, -0.2) is 28.9 Å². The standard InChI is InChI=1S/C18H18Br2N2O4/c1-9-4-5-10(2)18(11(9)3)26-8-14(23)22-21-7-12-6-13(19)17(25)15(20)16(12)24/h4-7,24-25H,8H2,1-3H3,(H,22,23)/b21-7+. The first-order valence-electron chi connectivity index (χ1n) is 7.63. The van der Waals surface area contributed by atoms with Crippen molar-refractivity contribution in [2.75, 3.05) is 6.61 Å². The number of nitrogens with one attached hydrogen (secondary N) is 1.